The molecular formula is C17H18BrNO2. The lowest BCUT2D eigenvalue weighted by atomic mass is 10.1. The van der Waals surface area contributed by atoms with Crippen molar-refractivity contribution in [1.82, 2.24) is 5.32 Å². The van der Waals surface area contributed by atoms with E-state index in [0.717, 1.165) is 21.3 Å². The van der Waals surface area contributed by atoms with Crippen LogP contribution in [0, 0.1) is 6.92 Å². The predicted octanol–water partition coefficient (Wildman–Crippen LogP) is 3.50. The van der Waals surface area contributed by atoms with Gasteiger partial charge in [-0.15, -0.1) is 0 Å². The molecule has 0 fully saturated rings. The molecule has 2 rings (SSSR count). The van der Waals surface area contributed by atoms with E-state index in [0.29, 0.717) is 19.6 Å². The van der Waals surface area contributed by atoms with Crippen molar-refractivity contribution in [3.8, 4) is 5.75 Å². The molecule has 0 aliphatic carbocycles. The van der Waals surface area contributed by atoms with Gasteiger partial charge in [-0.3, -0.25) is 4.79 Å². The average molecular weight is 348 g/mol. The summed E-state index contributed by atoms with van der Waals surface area (Å²) in [5.74, 6) is 0.835. The summed E-state index contributed by atoms with van der Waals surface area (Å²) in [6.07, 6.45) is 0.387. The molecule has 0 atom stereocenters. The van der Waals surface area contributed by atoms with Crippen LogP contribution in [0.5, 0.6) is 5.75 Å². The lowest BCUT2D eigenvalue weighted by molar-refractivity contribution is -0.120. The van der Waals surface area contributed by atoms with Crippen LogP contribution in [0.15, 0.2) is 53.0 Å². The molecular weight excluding hydrogens is 330 g/mol. The van der Waals surface area contributed by atoms with Gasteiger partial charge in [-0.1, -0.05) is 40.2 Å². The van der Waals surface area contributed by atoms with Gasteiger partial charge in [0.15, 0.2) is 0 Å². The minimum atomic E-state index is 0.00478. The zero-order chi connectivity index (χ0) is 15.1. The second-order valence-corrected chi connectivity index (χ2v) is 5.73. The Kier molecular flexibility index (Phi) is 5.81. The summed E-state index contributed by atoms with van der Waals surface area (Å²) in [6, 6.07) is 15.6. The van der Waals surface area contributed by atoms with E-state index >= 15 is 0 Å². The maximum atomic E-state index is 11.8. The van der Waals surface area contributed by atoms with E-state index in [2.05, 4.69) is 21.2 Å². The van der Waals surface area contributed by atoms with Crippen molar-refractivity contribution in [2.75, 3.05) is 13.2 Å². The van der Waals surface area contributed by atoms with E-state index < -0.39 is 0 Å². The molecule has 110 valence electrons. The highest BCUT2D eigenvalue weighted by molar-refractivity contribution is 9.10. The summed E-state index contributed by atoms with van der Waals surface area (Å²) in [4.78, 5) is 11.8. The summed E-state index contributed by atoms with van der Waals surface area (Å²) in [6.45, 7) is 2.99. The van der Waals surface area contributed by atoms with E-state index in [1.807, 2.05) is 55.5 Å². The Morgan fingerprint density at radius 3 is 2.67 bits per heavy atom. The molecule has 0 aromatic heterocycles. The fraction of sp³-hybridized carbons (Fsp3) is 0.235. The van der Waals surface area contributed by atoms with Crippen LogP contribution in [-0.2, 0) is 11.2 Å². The van der Waals surface area contributed by atoms with Crippen LogP contribution in [0.2, 0.25) is 0 Å². The van der Waals surface area contributed by atoms with Gasteiger partial charge in [0.2, 0.25) is 5.91 Å². The number of aryl methyl sites for hydroxylation is 1. The number of rotatable bonds is 6. The predicted molar refractivity (Wildman–Crippen MR) is 87.5 cm³/mol. The van der Waals surface area contributed by atoms with E-state index in [1.165, 1.54) is 0 Å². The number of hydrogen-bond acceptors (Lipinski definition) is 2. The van der Waals surface area contributed by atoms with Crippen LogP contribution in [0.25, 0.3) is 0 Å². The molecule has 2 aromatic carbocycles. The Bertz CT molecular complexity index is 596. The van der Waals surface area contributed by atoms with Gasteiger partial charge in [0.1, 0.15) is 12.4 Å². The van der Waals surface area contributed by atoms with Gasteiger partial charge in [0, 0.05) is 4.47 Å². The third-order valence-corrected chi connectivity index (χ3v) is 3.49. The lowest BCUT2D eigenvalue weighted by Gasteiger charge is -2.08. The number of carbonyl (C=O) groups is 1. The molecule has 0 aliphatic heterocycles. The SMILES string of the molecule is Cc1cccc(OCCNC(=O)Cc2ccc(Br)cc2)c1. The third-order valence-electron chi connectivity index (χ3n) is 2.96. The number of nitrogens with one attached hydrogen (secondary N) is 1. The first kappa shape index (κ1) is 15.6. The Morgan fingerprint density at radius 1 is 1.19 bits per heavy atom. The smallest absolute Gasteiger partial charge is 0.224 e. The van der Waals surface area contributed by atoms with Crippen LogP contribution in [0.3, 0.4) is 0 Å². The van der Waals surface area contributed by atoms with Crippen molar-refractivity contribution >= 4 is 21.8 Å². The number of carbonyl (C=O) groups excluding carboxylic acids is 1. The Hall–Kier alpha value is -1.81. The topological polar surface area (TPSA) is 38.3 Å². The first-order chi connectivity index (χ1) is 10.1. The first-order valence-electron chi connectivity index (χ1n) is 6.84. The second-order valence-electron chi connectivity index (χ2n) is 4.82. The number of benzene rings is 2. The molecule has 0 bridgehead atoms. The van der Waals surface area contributed by atoms with Crippen molar-refractivity contribution in [1.29, 1.82) is 0 Å². The number of ether oxygens (including phenoxy) is 1. The van der Waals surface area contributed by atoms with Crippen LogP contribution in [0.4, 0.5) is 0 Å². The Morgan fingerprint density at radius 2 is 1.95 bits per heavy atom. The molecule has 21 heavy (non-hydrogen) atoms. The van der Waals surface area contributed by atoms with Gasteiger partial charge in [-0.25, -0.2) is 0 Å². The monoisotopic (exact) mass is 347 g/mol. The zero-order valence-electron chi connectivity index (χ0n) is 11.9. The van der Waals surface area contributed by atoms with Crippen molar-refractivity contribution in [3.05, 3.63) is 64.1 Å². The highest BCUT2D eigenvalue weighted by atomic mass is 79.9. The molecule has 2 aromatic rings. The van der Waals surface area contributed by atoms with Crippen LogP contribution >= 0.6 is 15.9 Å². The van der Waals surface area contributed by atoms with Gasteiger partial charge >= 0.3 is 0 Å². The highest BCUT2D eigenvalue weighted by Gasteiger charge is 2.03. The highest BCUT2D eigenvalue weighted by Crippen LogP contribution is 2.12. The van der Waals surface area contributed by atoms with Crippen LogP contribution in [-0.4, -0.2) is 19.1 Å². The van der Waals surface area contributed by atoms with Crippen molar-refractivity contribution in [3.63, 3.8) is 0 Å². The number of hydrogen-bond donors (Lipinski definition) is 1. The molecule has 0 spiro atoms. The molecule has 3 nitrogen and oxygen atoms in total. The largest absolute Gasteiger partial charge is 0.492 e. The fourth-order valence-electron chi connectivity index (χ4n) is 1.91. The summed E-state index contributed by atoms with van der Waals surface area (Å²) in [7, 11) is 0. The van der Waals surface area contributed by atoms with Crippen molar-refractivity contribution < 1.29 is 9.53 Å². The number of amides is 1. The Balaban J connectivity index is 1.68. The summed E-state index contributed by atoms with van der Waals surface area (Å²) >= 11 is 3.37. The molecule has 0 saturated heterocycles. The maximum Gasteiger partial charge on any atom is 0.224 e. The van der Waals surface area contributed by atoms with E-state index in [4.69, 9.17) is 4.74 Å². The number of halogens is 1. The molecule has 0 radical (unpaired) electrons. The normalized spacial score (nSPS) is 10.2. The maximum absolute atomic E-state index is 11.8. The Labute approximate surface area is 133 Å². The minimum absolute atomic E-state index is 0.00478. The van der Waals surface area contributed by atoms with Gasteiger partial charge in [-0.05, 0) is 42.3 Å². The lowest BCUT2D eigenvalue weighted by Crippen LogP contribution is -2.29. The molecule has 0 heterocycles. The average Bonchev–Trinajstić information content (AvgIpc) is 2.46. The van der Waals surface area contributed by atoms with Gasteiger partial charge in [0.25, 0.3) is 0 Å². The summed E-state index contributed by atoms with van der Waals surface area (Å²) in [5, 5.41) is 2.85. The molecule has 4 heteroatoms. The summed E-state index contributed by atoms with van der Waals surface area (Å²) in [5.41, 5.74) is 2.15. The zero-order valence-corrected chi connectivity index (χ0v) is 13.5. The summed E-state index contributed by atoms with van der Waals surface area (Å²) < 4.78 is 6.59. The van der Waals surface area contributed by atoms with E-state index in [9.17, 15) is 4.79 Å². The molecule has 0 saturated carbocycles. The van der Waals surface area contributed by atoms with Crippen molar-refractivity contribution in [2.45, 2.75) is 13.3 Å². The van der Waals surface area contributed by atoms with E-state index in [-0.39, 0.29) is 5.91 Å². The van der Waals surface area contributed by atoms with Crippen LogP contribution in [0.1, 0.15) is 11.1 Å². The quantitative estimate of drug-likeness (QED) is 0.812. The van der Waals surface area contributed by atoms with Crippen molar-refractivity contribution in [2.24, 2.45) is 0 Å². The second kappa shape index (κ2) is 7.84. The fourth-order valence-corrected chi connectivity index (χ4v) is 2.18. The minimum Gasteiger partial charge on any atom is -0.492 e. The molecule has 1 amide bonds. The van der Waals surface area contributed by atoms with Crippen LogP contribution < -0.4 is 10.1 Å². The van der Waals surface area contributed by atoms with E-state index in [1.54, 1.807) is 0 Å². The first-order valence-corrected chi connectivity index (χ1v) is 7.63. The molecule has 0 unspecified atom stereocenters. The molecule has 0 aliphatic rings. The van der Waals surface area contributed by atoms with Gasteiger partial charge < -0.3 is 10.1 Å². The van der Waals surface area contributed by atoms with Gasteiger partial charge in [0.05, 0.1) is 13.0 Å². The third kappa shape index (κ3) is 5.60. The standard InChI is InChI=1S/C17H18BrNO2/c1-13-3-2-4-16(11-13)21-10-9-19-17(20)12-14-5-7-15(18)8-6-14/h2-8,11H,9-10,12H2,1H3,(H,19,20). The van der Waals surface area contributed by atoms with Gasteiger partial charge in [-0.2, -0.15) is 0 Å². The molecule has 1 N–H and O–H groups in total.